The van der Waals surface area contributed by atoms with E-state index < -0.39 is 8.32 Å². The molecule has 4 aromatic carbocycles. The van der Waals surface area contributed by atoms with Crippen LogP contribution in [0.4, 0.5) is 0 Å². The Kier molecular flexibility index (Phi) is 6.88. The standard InChI is InChI=1S/C38H33N3O2Si/c1-38(2,3)27-23-24-39-35(25-27)41-34-20-11-10-19-32(34)33-21-22-36(40-37(33)41)43-28-13-12-18-31(26-28)44(42,29-14-6-4-7-15-29)30-16-8-5-9-17-30/h4-26,42H,1-3H3. The molecule has 0 aliphatic rings. The summed E-state index contributed by atoms with van der Waals surface area (Å²) in [6.07, 6.45) is 1.87. The van der Waals surface area contributed by atoms with Crippen LogP contribution in [0.1, 0.15) is 26.3 Å². The largest absolute Gasteiger partial charge is 0.439 e. The maximum atomic E-state index is 12.4. The van der Waals surface area contributed by atoms with E-state index in [0.29, 0.717) is 11.6 Å². The summed E-state index contributed by atoms with van der Waals surface area (Å²) in [7, 11) is -3.28. The monoisotopic (exact) mass is 591 g/mol. The zero-order chi connectivity index (χ0) is 30.3. The van der Waals surface area contributed by atoms with E-state index in [0.717, 1.165) is 43.3 Å². The van der Waals surface area contributed by atoms with Crippen molar-refractivity contribution in [3.05, 3.63) is 145 Å². The van der Waals surface area contributed by atoms with Crippen molar-refractivity contribution in [1.82, 2.24) is 14.5 Å². The molecule has 0 fully saturated rings. The molecular formula is C38H33N3O2Si. The van der Waals surface area contributed by atoms with Gasteiger partial charge in [0, 0.05) is 23.0 Å². The number of hydrogen-bond acceptors (Lipinski definition) is 4. The molecule has 3 aromatic heterocycles. The van der Waals surface area contributed by atoms with Gasteiger partial charge < -0.3 is 9.53 Å². The SMILES string of the molecule is CC(C)(C)c1ccnc(-n2c3ccccc3c3ccc(Oc4cccc([Si](O)(c5ccccc5)c5ccccc5)c4)nc32)c1. The Balaban J connectivity index is 1.33. The quantitative estimate of drug-likeness (QED) is 0.174. The maximum absolute atomic E-state index is 12.4. The summed E-state index contributed by atoms with van der Waals surface area (Å²) in [5, 5.41) is 4.80. The molecule has 5 nitrogen and oxygen atoms in total. The number of benzene rings is 4. The predicted octanol–water partition coefficient (Wildman–Crippen LogP) is 6.62. The molecule has 7 aromatic rings. The minimum atomic E-state index is -3.28. The van der Waals surface area contributed by atoms with Crippen LogP contribution in [0.5, 0.6) is 11.6 Å². The van der Waals surface area contributed by atoms with E-state index in [1.54, 1.807) is 0 Å². The Morgan fingerprint density at radius 1 is 0.659 bits per heavy atom. The molecule has 7 rings (SSSR count). The van der Waals surface area contributed by atoms with Gasteiger partial charge in [-0.3, -0.25) is 4.57 Å². The number of aromatic nitrogens is 3. The van der Waals surface area contributed by atoms with Crippen LogP contribution in [-0.4, -0.2) is 27.6 Å². The highest BCUT2D eigenvalue weighted by Gasteiger charge is 2.38. The van der Waals surface area contributed by atoms with E-state index in [2.05, 4.69) is 55.7 Å². The lowest BCUT2D eigenvalue weighted by Crippen LogP contribution is -2.67. The molecule has 6 heteroatoms. The minimum Gasteiger partial charge on any atom is -0.439 e. The molecule has 216 valence electrons. The molecule has 0 unspecified atom stereocenters. The number of para-hydroxylation sites is 1. The second-order valence-corrected chi connectivity index (χ2v) is 15.3. The van der Waals surface area contributed by atoms with Gasteiger partial charge in [-0.05, 0) is 62.9 Å². The normalized spacial score (nSPS) is 12.1. The molecule has 0 radical (unpaired) electrons. The fraction of sp³-hybridized carbons (Fsp3) is 0.105. The number of rotatable bonds is 6. The maximum Gasteiger partial charge on any atom is 0.285 e. The molecule has 0 aliphatic carbocycles. The third-order valence-electron chi connectivity index (χ3n) is 8.19. The summed E-state index contributed by atoms with van der Waals surface area (Å²) in [6.45, 7) is 6.61. The predicted molar refractivity (Wildman–Crippen MR) is 181 cm³/mol. The molecule has 0 spiro atoms. The average Bonchev–Trinajstić information content (AvgIpc) is 3.38. The fourth-order valence-electron chi connectivity index (χ4n) is 5.88. The highest BCUT2D eigenvalue weighted by molar-refractivity contribution is 7.06. The van der Waals surface area contributed by atoms with Gasteiger partial charge in [-0.15, -0.1) is 0 Å². The van der Waals surface area contributed by atoms with E-state index in [4.69, 9.17) is 14.7 Å². The lowest BCUT2D eigenvalue weighted by atomic mass is 9.88. The van der Waals surface area contributed by atoms with E-state index in [1.807, 2.05) is 109 Å². The first-order chi connectivity index (χ1) is 21.3. The van der Waals surface area contributed by atoms with Crippen molar-refractivity contribution in [2.45, 2.75) is 26.2 Å². The molecule has 0 saturated heterocycles. The molecule has 44 heavy (non-hydrogen) atoms. The first-order valence-corrected chi connectivity index (χ1v) is 16.8. The number of hydrogen-bond donors (Lipinski definition) is 1. The van der Waals surface area contributed by atoms with Gasteiger partial charge >= 0.3 is 0 Å². The molecule has 0 bridgehead atoms. The molecule has 0 atom stereocenters. The number of pyridine rings is 2. The van der Waals surface area contributed by atoms with Gasteiger partial charge in [0.1, 0.15) is 11.6 Å². The van der Waals surface area contributed by atoms with Gasteiger partial charge in [-0.25, -0.2) is 4.98 Å². The summed E-state index contributed by atoms with van der Waals surface area (Å²) in [6, 6.07) is 44.1. The van der Waals surface area contributed by atoms with E-state index in [9.17, 15) is 4.80 Å². The van der Waals surface area contributed by atoms with Gasteiger partial charge in [0.25, 0.3) is 8.32 Å². The summed E-state index contributed by atoms with van der Waals surface area (Å²) < 4.78 is 8.54. The first-order valence-electron chi connectivity index (χ1n) is 14.8. The van der Waals surface area contributed by atoms with E-state index in [1.165, 1.54) is 5.56 Å². The smallest absolute Gasteiger partial charge is 0.285 e. The first kappa shape index (κ1) is 27.8. The van der Waals surface area contributed by atoms with Gasteiger partial charge in [0.15, 0.2) is 5.65 Å². The summed E-state index contributed by atoms with van der Waals surface area (Å²) in [4.78, 5) is 22.2. The summed E-state index contributed by atoms with van der Waals surface area (Å²) >= 11 is 0. The van der Waals surface area contributed by atoms with Crippen molar-refractivity contribution in [1.29, 1.82) is 0 Å². The van der Waals surface area contributed by atoms with Gasteiger partial charge in [-0.2, -0.15) is 4.98 Å². The highest BCUT2D eigenvalue weighted by atomic mass is 28.4. The Morgan fingerprint density at radius 3 is 2.02 bits per heavy atom. The van der Waals surface area contributed by atoms with Crippen molar-refractivity contribution in [2.24, 2.45) is 0 Å². The Bertz CT molecular complexity index is 2060. The highest BCUT2D eigenvalue weighted by Crippen LogP contribution is 2.33. The average molecular weight is 592 g/mol. The van der Waals surface area contributed by atoms with Crippen molar-refractivity contribution < 1.29 is 9.53 Å². The van der Waals surface area contributed by atoms with Crippen LogP contribution in [0.25, 0.3) is 27.8 Å². The Hall–Kier alpha value is -5.04. The van der Waals surface area contributed by atoms with Crippen LogP contribution < -0.4 is 20.3 Å². The molecule has 0 aliphatic heterocycles. The third-order valence-corrected chi connectivity index (χ3v) is 11.7. The van der Waals surface area contributed by atoms with Crippen molar-refractivity contribution >= 4 is 45.8 Å². The fourth-order valence-corrected chi connectivity index (χ4v) is 8.92. The summed E-state index contributed by atoms with van der Waals surface area (Å²) in [5.74, 6) is 1.90. The number of nitrogens with zero attached hydrogens (tertiary/aromatic N) is 3. The zero-order valence-electron chi connectivity index (χ0n) is 25.0. The van der Waals surface area contributed by atoms with Crippen LogP contribution in [-0.2, 0) is 5.41 Å². The molecular weight excluding hydrogens is 559 g/mol. The zero-order valence-corrected chi connectivity index (χ0v) is 26.0. The van der Waals surface area contributed by atoms with Gasteiger partial charge in [0.05, 0.1) is 5.52 Å². The second kappa shape index (κ2) is 10.9. The van der Waals surface area contributed by atoms with E-state index in [-0.39, 0.29) is 5.41 Å². The van der Waals surface area contributed by atoms with Crippen LogP contribution >= 0.6 is 0 Å². The lowest BCUT2D eigenvalue weighted by molar-refractivity contribution is 0.464. The lowest BCUT2D eigenvalue weighted by Gasteiger charge is -2.27. The Labute approximate surface area is 258 Å². The van der Waals surface area contributed by atoms with E-state index >= 15 is 0 Å². The van der Waals surface area contributed by atoms with Crippen LogP contribution in [0.15, 0.2) is 140 Å². The molecule has 3 heterocycles. The summed E-state index contributed by atoms with van der Waals surface area (Å²) in [5.41, 5.74) is 2.99. The van der Waals surface area contributed by atoms with Gasteiger partial charge in [-0.1, -0.05) is 112 Å². The second-order valence-electron chi connectivity index (χ2n) is 12.1. The molecule has 0 amide bonds. The van der Waals surface area contributed by atoms with Crippen LogP contribution in [0.3, 0.4) is 0 Å². The third kappa shape index (κ3) is 4.88. The molecule has 1 N–H and O–H groups in total. The Morgan fingerprint density at radius 2 is 1.32 bits per heavy atom. The van der Waals surface area contributed by atoms with Crippen LogP contribution in [0, 0.1) is 0 Å². The van der Waals surface area contributed by atoms with Gasteiger partial charge in [0.2, 0.25) is 5.88 Å². The minimum absolute atomic E-state index is 0.0199. The van der Waals surface area contributed by atoms with Crippen molar-refractivity contribution in [3.8, 4) is 17.4 Å². The number of fused-ring (bicyclic) bond motifs is 3. The van der Waals surface area contributed by atoms with Crippen molar-refractivity contribution in [3.63, 3.8) is 0 Å². The van der Waals surface area contributed by atoms with Crippen LogP contribution in [0.2, 0.25) is 0 Å². The number of ether oxygens (including phenoxy) is 1. The topological polar surface area (TPSA) is 60.2 Å². The molecule has 0 saturated carbocycles. The van der Waals surface area contributed by atoms with Crippen molar-refractivity contribution in [2.75, 3.05) is 0 Å².